The van der Waals surface area contributed by atoms with Crippen LogP contribution in [0.3, 0.4) is 0 Å². The predicted octanol–water partition coefficient (Wildman–Crippen LogP) is 1.37. The molecular weight excluding hydrogens is 648 g/mol. The SMILES string of the molecule is CCCCN(CCCCN(CCCNC(=O)CCn1cc([C@@H]2O[C@H](CC)[C@H](O)C2O)c(=O)[nH]c1=O)C(=O)C(F)(F)F)C(=O)C(F)(F)F. The van der Waals surface area contributed by atoms with Gasteiger partial charge in [0.25, 0.3) is 5.56 Å². The van der Waals surface area contributed by atoms with Gasteiger partial charge in [-0.3, -0.25) is 28.7 Å². The third kappa shape index (κ3) is 11.6. The van der Waals surface area contributed by atoms with Crippen molar-refractivity contribution in [1.29, 1.82) is 0 Å². The van der Waals surface area contributed by atoms with Crippen LogP contribution in [-0.2, 0) is 25.7 Å². The Morgan fingerprint density at radius 3 is 1.91 bits per heavy atom. The van der Waals surface area contributed by atoms with Crippen LogP contribution in [0.4, 0.5) is 26.3 Å². The molecule has 4 atom stereocenters. The fourth-order valence-corrected chi connectivity index (χ4v) is 4.99. The van der Waals surface area contributed by atoms with Crippen LogP contribution in [0, 0.1) is 0 Å². The molecule has 3 amide bonds. The summed E-state index contributed by atoms with van der Waals surface area (Å²) in [5, 5.41) is 22.8. The molecule has 1 aliphatic heterocycles. The highest BCUT2D eigenvalue weighted by Gasteiger charge is 2.44. The molecule has 2 rings (SSSR count). The molecule has 0 saturated carbocycles. The first-order valence-electron chi connectivity index (χ1n) is 15.3. The normalized spacial score (nSPS) is 19.9. The van der Waals surface area contributed by atoms with Gasteiger partial charge in [0.2, 0.25) is 5.91 Å². The highest BCUT2D eigenvalue weighted by molar-refractivity contribution is 5.82. The van der Waals surface area contributed by atoms with Gasteiger partial charge in [0, 0.05) is 51.9 Å². The molecule has 0 aromatic carbocycles. The summed E-state index contributed by atoms with van der Waals surface area (Å²) in [5.41, 5.74) is -1.84. The van der Waals surface area contributed by atoms with E-state index < -0.39 is 78.8 Å². The maximum absolute atomic E-state index is 13.2. The number of aryl methyl sites for hydroxylation is 1. The number of hydrogen-bond acceptors (Lipinski definition) is 8. The Morgan fingerprint density at radius 1 is 0.894 bits per heavy atom. The number of H-pyrrole nitrogens is 1. The summed E-state index contributed by atoms with van der Waals surface area (Å²) in [6.45, 7) is 1.64. The topological polar surface area (TPSA) is 174 Å². The number of carbonyl (C=O) groups is 3. The predicted molar refractivity (Wildman–Crippen MR) is 153 cm³/mol. The molecule has 0 spiro atoms. The van der Waals surface area contributed by atoms with E-state index in [4.69, 9.17) is 4.74 Å². The van der Waals surface area contributed by atoms with E-state index in [1.54, 1.807) is 13.8 Å². The van der Waals surface area contributed by atoms with Crippen LogP contribution in [0.5, 0.6) is 0 Å². The summed E-state index contributed by atoms with van der Waals surface area (Å²) in [7, 11) is 0. The lowest BCUT2D eigenvalue weighted by molar-refractivity contribution is -0.186. The van der Waals surface area contributed by atoms with Crippen molar-refractivity contribution >= 4 is 17.7 Å². The first-order chi connectivity index (χ1) is 21.9. The summed E-state index contributed by atoms with van der Waals surface area (Å²) in [6.07, 6.45) is -13.3. The van der Waals surface area contributed by atoms with Crippen molar-refractivity contribution in [2.75, 3.05) is 32.7 Å². The second-order valence-electron chi connectivity index (χ2n) is 11.1. The number of nitrogens with one attached hydrogen (secondary N) is 2. The minimum absolute atomic E-state index is 0.0820. The van der Waals surface area contributed by atoms with Gasteiger partial charge in [0.05, 0.1) is 11.7 Å². The molecule has 47 heavy (non-hydrogen) atoms. The van der Waals surface area contributed by atoms with E-state index in [1.165, 1.54) is 0 Å². The minimum Gasteiger partial charge on any atom is -0.388 e. The van der Waals surface area contributed by atoms with Gasteiger partial charge in [-0.25, -0.2) is 4.79 Å². The molecule has 1 saturated heterocycles. The molecule has 19 heteroatoms. The Hall–Kier alpha value is -3.45. The smallest absolute Gasteiger partial charge is 0.388 e. The lowest BCUT2D eigenvalue weighted by Crippen LogP contribution is -2.44. The fraction of sp³-hybridized carbons (Fsp3) is 0.750. The third-order valence-electron chi connectivity index (χ3n) is 7.56. The monoisotopic (exact) mass is 689 g/mol. The number of unbranched alkanes of at least 4 members (excludes halogenated alkanes) is 2. The van der Waals surface area contributed by atoms with Crippen molar-refractivity contribution < 1.29 is 55.7 Å². The Kier molecular flexibility index (Phi) is 14.9. The van der Waals surface area contributed by atoms with Crippen LogP contribution in [0.1, 0.15) is 70.5 Å². The summed E-state index contributed by atoms with van der Waals surface area (Å²) < 4.78 is 84.6. The van der Waals surface area contributed by atoms with Crippen molar-refractivity contribution in [3.05, 3.63) is 32.6 Å². The van der Waals surface area contributed by atoms with Crippen molar-refractivity contribution in [1.82, 2.24) is 24.7 Å². The fourth-order valence-electron chi connectivity index (χ4n) is 4.99. The highest BCUT2D eigenvalue weighted by Crippen LogP contribution is 2.33. The van der Waals surface area contributed by atoms with Crippen LogP contribution >= 0.6 is 0 Å². The van der Waals surface area contributed by atoms with Gasteiger partial charge in [0.15, 0.2) is 0 Å². The summed E-state index contributed by atoms with van der Waals surface area (Å²) in [4.78, 5) is 63.6. The molecule has 0 radical (unpaired) electrons. The van der Waals surface area contributed by atoms with E-state index in [0.29, 0.717) is 29.1 Å². The van der Waals surface area contributed by atoms with Gasteiger partial charge in [-0.15, -0.1) is 0 Å². The van der Waals surface area contributed by atoms with Gasteiger partial charge >= 0.3 is 29.9 Å². The standard InChI is InChI=1S/C28H41F6N5O8/c1-3-5-11-37(24(44)27(29,30)31)12-6-7-13-38(25(45)28(32,33)34)14-8-10-35-19(40)9-15-39-16-17(23(43)36-26(39)46)22-21(42)20(41)18(4-2)47-22/h16,18,20-22,41-42H,3-15H2,1-2H3,(H,35,40)(H,36,43,46)/t18-,20+,21?,22+/m1/s1. The van der Waals surface area contributed by atoms with Crippen LogP contribution in [-0.4, -0.2) is 111 Å². The second kappa shape index (κ2) is 17.6. The molecule has 1 aromatic heterocycles. The number of carbonyl (C=O) groups excluding carboxylic acids is 3. The van der Waals surface area contributed by atoms with Crippen LogP contribution in [0.2, 0.25) is 0 Å². The van der Waals surface area contributed by atoms with E-state index in [1.807, 2.05) is 0 Å². The van der Waals surface area contributed by atoms with E-state index >= 15 is 0 Å². The number of aromatic nitrogens is 2. The van der Waals surface area contributed by atoms with Crippen molar-refractivity contribution in [3.63, 3.8) is 0 Å². The Morgan fingerprint density at radius 2 is 1.43 bits per heavy atom. The van der Waals surface area contributed by atoms with Gasteiger partial charge < -0.3 is 30.1 Å². The number of ether oxygens (including phenoxy) is 1. The zero-order valence-corrected chi connectivity index (χ0v) is 26.0. The van der Waals surface area contributed by atoms with E-state index in [-0.39, 0.29) is 57.4 Å². The van der Waals surface area contributed by atoms with E-state index in [2.05, 4.69) is 10.3 Å². The molecule has 2 heterocycles. The number of aliphatic hydroxyl groups excluding tert-OH is 2. The molecule has 4 N–H and O–H groups in total. The highest BCUT2D eigenvalue weighted by atomic mass is 19.4. The summed E-state index contributed by atoms with van der Waals surface area (Å²) in [6, 6.07) is 0. The molecule has 268 valence electrons. The number of aromatic amines is 1. The Labute approximate surface area is 265 Å². The maximum atomic E-state index is 13.2. The lowest BCUT2D eigenvalue weighted by Gasteiger charge is -2.26. The van der Waals surface area contributed by atoms with Crippen LogP contribution in [0.25, 0.3) is 0 Å². The van der Waals surface area contributed by atoms with Crippen LogP contribution in [0.15, 0.2) is 15.8 Å². The lowest BCUT2D eigenvalue weighted by atomic mass is 10.0. The van der Waals surface area contributed by atoms with Gasteiger partial charge in [-0.2, -0.15) is 26.3 Å². The van der Waals surface area contributed by atoms with E-state index in [9.17, 15) is 60.5 Å². The van der Waals surface area contributed by atoms with E-state index in [0.717, 1.165) is 10.8 Å². The number of amides is 3. The molecule has 1 aliphatic rings. The summed E-state index contributed by atoms with van der Waals surface area (Å²) in [5.74, 6) is -4.80. The number of nitrogens with zero attached hydrogens (tertiary/aromatic N) is 3. The maximum Gasteiger partial charge on any atom is 0.471 e. The molecule has 0 bridgehead atoms. The number of hydrogen-bond donors (Lipinski definition) is 4. The van der Waals surface area contributed by atoms with Gasteiger partial charge in [0.1, 0.15) is 18.3 Å². The average molecular weight is 690 g/mol. The minimum atomic E-state index is -5.21. The number of halogens is 6. The van der Waals surface area contributed by atoms with Gasteiger partial charge in [-0.05, 0) is 32.1 Å². The second-order valence-corrected chi connectivity index (χ2v) is 11.1. The quantitative estimate of drug-likeness (QED) is 0.140. The first-order valence-corrected chi connectivity index (χ1v) is 15.3. The molecule has 13 nitrogen and oxygen atoms in total. The zero-order valence-electron chi connectivity index (χ0n) is 26.0. The molecular formula is C28H41F6N5O8. The van der Waals surface area contributed by atoms with Crippen molar-refractivity contribution in [2.45, 2.75) is 102 Å². The Balaban J connectivity index is 1.90. The van der Waals surface area contributed by atoms with Crippen LogP contribution < -0.4 is 16.6 Å². The molecule has 1 aromatic rings. The number of alkyl halides is 6. The van der Waals surface area contributed by atoms with Crippen molar-refractivity contribution in [3.8, 4) is 0 Å². The summed E-state index contributed by atoms with van der Waals surface area (Å²) >= 11 is 0. The van der Waals surface area contributed by atoms with Gasteiger partial charge in [-0.1, -0.05) is 20.3 Å². The third-order valence-corrected chi connectivity index (χ3v) is 7.56. The number of rotatable bonds is 17. The number of aliphatic hydroxyl groups is 2. The Bertz CT molecular complexity index is 1320. The first kappa shape index (κ1) is 39.7. The average Bonchev–Trinajstić information content (AvgIpc) is 3.28. The zero-order chi connectivity index (χ0) is 35.5. The largest absolute Gasteiger partial charge is 0.471 e. The molecule has 1 unspecified atom stereocenters. The molecule has 0 aliphatic carbocycles. The van der Waals surface area contributed by atoms with Crippen molar-refractivity contribution in [2.24, 2.45) is 0 Å². The molecule has 1 fully saturated rings.